The molecule has 1 unspecified atom stereocenters. The topological polar surface area (TPSA) is 160 Å². The number of aliphatic hydroxyl groups excluding tert-OH is 1. The zero-order chi connectivity index (χ0) is 19.0. The standard InChI is InChI=1S/C16H17N7O4/c24-7-9-2-1-5-23(9)16-18-13(12-14(19-16)21-22-20-12)17-8-3-4-11(25)10(6-8)15(26)27/h3-4,6,9,24-25H,1-2,5,7H2,(H,26,27)(H2,17,18,19,20,21,22). The number of nitrogens with zero attached hydrogens (tertiary/aromatic N) is 5. The maximum Gasteiger partial charge on any atom is 0.339 e. The third-order valence-electron chi connectivity index (χ3n) is 4.51. The first-order chi connectivity index (χ1) is 13.1. The van der Waals surface area contributed by atoms with Gasteiger partial charge in [0.15, 0.2) is 11.3 Å². The Morgan fingerprint density at radius 2 is 2.19 bits per heavy atom. The van der Waals surface area contributed by atoms with Crippen molar-refractivity contribution < 1.29 is 20.1 Å². The van der Waals surface area contributed by atoms with Gasteiger partial charge in [-0.15, -0.1) is 5.10 Å². The van der Waals surface area contributed by atoms with Gasteiger partial charge in [-0.05, 0) is 31.0 Å². The summed E-state index contributed by atoms with van der Waals surface area (Å²) in [4.78, 5) is 22.0. The van der Waals surface area contributed by atoms with Crippen LogP contribution >= 0.6 is 0 Å². The molecule has 4 rings (SSSR count). The van der Waals surface area contributed by atoms with Crippen molar-refractivity contribution in [1.29, 1.82) is 0 Å². The van der Waals surface area contributed by atoms with Gasteiger partial charge in [-0.25, -0.2) is 4.79 Å². The van der Waals surface area contributed by atoms with Gasteiger partial charge >= 0.3 is 5.97 Å². The minimum absolute atomic E-state index is 0.00289. The molecule has 1 aliphatic heterocycles. The number of H-pyrrole nitrogens is 1. The van der Waals surface area contributed by atoms with Crippen LogP contribution in [0.1, 0.15) is 23.2 Å². The van der Waals surface area contributed by atoms with E-state index in [2.05, 4.69) is 30.7 Å². The molecule has 0 amide bonds. The predicted octanol–water partition coefficient (Wildman–Crippen LogP) is 0.856. The van der Waals surface area contributed by atoms with Crippen LogP contribution < -0.4 is 10.2 Å². The van der Waals surface area contributed by atoms with Crippen LogP contribution in [0, 0.1) is 0 Å². The second-order valence-corrected chi connectivity index (χ2v) is 6.20. The lowest BCUT2D eigenvalue weighted by Crippen LogP contribution is -2.33. The summed E-state index contributed by atoms with van der Waals surface area (Å²) >= 11 is 0. The fourth-order valence-electron chi connectivity index (χ4n) is 3.16. The number of phenols is 1. The van der Waals surface area contributed by atoms with E-state index in [9.17, 15) is 15.0 Å². The molecule has 1 atom stereocenters. The zero-order valence-electron chi connectivity index (χ0n) is 14.1. The van der Waals surface area contributed by atoms with Crippen LogP contribution in [0.15, 0.2) is 18.2 Å². The number of carboxylic acid groups (broad SMARTS) is 1. The number of fused-ring (bicyclic) bond motifs is 1. The number of aromatic carboxylic acids is 1. The Labute approximate surface area is 152 Å². The summed E-state index contributed by atoms with van der Waals surface area (Å²) in [6, 6.07) is 4.06. The van der Waals surface area contributed by atoms with Crippen LogP contribution in [0.25, 0.3) is 11.2 Å². The third-order valence-corrected chi connectivity index (χ3v) is 4.51. The fourth-order valence-corrected chi connectivity index (χ4v) is 3.16. The summed E-state index contributed by atoms with van der Waals surface area (Å²) in [5, 5.41) is 42.0. The smallest absolute Gasteiger partial charge is 0.339 e. The normalized spacial score (nSPS) is 16.8. The number of anilines is 3. The summed E-state index contributed by atoms with van der Waals surface area (Å²) in [7, 11) is 0. The van der Waals surface area contributed by atoms with E-state index >= 15 is 0 Å². The van der Waals surface area contributed by atoms with Gasteiger partial charge in [0.2, 0.25) is 11.6 Å². The van der Waals surface area contributed by atoms with Crippen LogP contribution in [-0.4, -0.2) is 65.9 Å². The number of benzene rings is 1. The number of hydrogen-bond donors (Lipinski definition) is 5. The van der Waals surface area contributed by atoms with Gasteiger partial charge in [0.1, 0.15) is 11.3 Å². The second kappa shape index (κ2) is 6.68. The lowest BCUT2D eigenvalue weighted by atomic mass is 10.2. The Kier molecular flexibility index (Phi) is 4.20. The SMILES string of the molecule is O=C(O)c1cc(Nc2nc(N3CCCC3CO)nc3n[nH]nc23)ccc1O. The van der Waals surface area contributed by atoms with Crippen LogP contribution in [0.3, 0.4) is 0 Å². The molecule has 0 bridgehead atoms. The maximum absolute atomic E-state index is 11.2. The molecule has 0 spiro atoms. The van der Waals surface area contributed by atoms with Crippen molar-refractivity contribution in [3.8, 4) is 5.75 Å². The predicted molar refractivity (Wildman–Crippen MR) is 95.3 cm³/mol. The van der Waals surface area contributed by atoms with E-state index in [0.29, 0.717) is 28.6 Å². The molecule has 3 aromatic rings. The molecule has 0 radical (unpaired) electrons. The monoisotopic (exact) mass is 371 g/mol. The van der Waals surface area contributed by atoms with Crippen molar-refractivity contribution >= 4 is 34.6 Å². The number of hydrogen-bond acceptors (Lipinski definition) is 9. The van der Waals surface area contributed by atoms with Gasteiger partial charge in [-0.2, -0.15) is 20.3 Å². The number of rotatable bonds is 5. The molecule has 1 aliphatic rings. The van der Waals surface area contributed by atoms with Crippen LogP contribution in [-0.2, 0) is 0 Å². The summed E-state index contributed by atoms with van der Waals surface area (Å²) in [6.07, 6.45) is 1.77. The summed E-state index contributed by atoms with van der Waals surface area (Å²) < 4.78 is 0. The number of aromatic hydroxyl groups is 1. The Morgan fingerprint density at radius 1 is 1.33 bits per heavy atom. The fraction of sp³-hybridized carbons (Fsp3) is 0.312. The van der Waals surface area contributed by atoms with Gasteiger partial charge in [0.05, 0.1) is 12.6 Å². The molecule has 0 aliphatic carbocycles. The molecular formula is C16H17N7O4. The van der Waals surface area contributed by atoms with Crippen molar-refractivity contribution in [2.24, 2.45) is 0 Å². The van der Waals surface area contributed by atoms with E-state index in [4.69, 9.17) is 5.11 Å². The number of aromatic nitrogens is 5. The molecular weight excluding hydrogens is 354 g/mol. The number of aromatic amines is 1. The Hall–Kier alpha value is -3.47. The Balaban J connectivity index is 1.74. The second-order valence-electron chi connectivity index (χ2n) is 6.20. The number of carbonyl (C=O) groups is 1. The van der Waals surface area contributed by atoms with Gasteiger partial charge in [0.25, 0.3) is 0 Å². The highest BCUT2D eigenvalue weighted by molar-refractivity contribution is 5.93. The molecule has 1 saturated heterocycles. The molecule has 0 saturated carbocycles. The highest BCUT2D eigenvalue weighted by Crippen LogP contribution is 2.29. The van der Waals surface area contributed by atoms with Gasteiger partial charge in [-0.1, -0.05) is 0 Å². The highest BCUT2D eigenvalue weighted by atomic mass is 16.4. The molecule has 1 fully saturated rings. The van der Waals surface area contributed by atoms with E-state index in [1.165, 1.54) is 18.2 Å². The quantitative estimate of drug-likeness (QED) is 0.407. The highest BCUT2D eigenvalue weighted by Gasteiger charge is 2.27. The largest absolute Gasteiger partial charge is 0.507 e. The van der Waals surface area contributed by atoms with E-state index < -0.39 is 5.97 Å². The maximum atomic E-state index is 11.2. The summed E-state index contributed by atoms with van der Waals surface area (Å²) in [5.74, 6) is -0.818. The molecule has 5 N–H and O–H groups in total. The average molecular weight is 371 g/mol. The van der Waals surface area contributed by atoms with Gasteiger partial charge < -0.3 is 25.5 Å². The molecule has 27 heavy (non-hydrogen) atoms. The molecule has 11 nitrogen and oxygen atoms in total. The third kappa shape index (κ3) is 3.08. The Morgan fingerprint density at radius 3 is 2.96 bits per heavy atom. The minimum Gasteiger partial charge on any atom is -0.507 e. The average Bonchev–Trinajstić information content (AvgIpc) is 3.31. The molecule has 11 heteroatoms. The molecule has 2 aromatic heterocycles. The van der Waals surface area contributed by atoms with Crippen LogP contribution in [0.5, 0.6) is 5.75 Å². The number of nitrogens with one attached hydrogen (secondary N) is 2. The van der Waals surface area contributed by atoms with Crippen molar-refractivity contribution in [2.75, 3.05) is 23.4 Å². The molecule has 1 aromatic carbocycles. The van der Waals surface area contributed by atoms with Crippen molar-refractivity contribution in [1.82, 2.24) is 25.4 Å². The number of aliphatic hydroxyl groups is 1. The zero-order valence-corrected chi connectivity index (χ0v) is 14.1. The van der Waals surface area contributed by atoms with Crippen molar-refractivity contribution in [3.63, 3.8) is 0 Å². The minimum atomic E-state index is -1.24. The van der Waals surface area contributed by atoms with E-state index in [1.807, 2.05) is 4.90 Å². The van der Waals surface area contributed by atoms with Crippen molar-refractivity contribution in [3.05, 3.63) is 23.8 Å². The van der Waals surface area contributed by atoms with E-state index in [-0.39, 0.29) is 24.0 Å². The number of carboxylic acids is 1. The first-order valence-corrected chi connectivity index (χ1v) is 8.36. The summed E-state index contributed by atoms with van der Waals surface area (Å²) in [6.45, 7) is 0.722. The van der Waals surface area contributed by atoms with Crippen molar-refractivity contribution in [2.45, 2.75) is 18.9 Å². The molecule has 3 heterocycles. The van der Waals surface area contributed by atoms with Crippen LogP contribution in [0.4, 0.5) is 17.5 Å². The van der Waals surface area contributed by atoms with E-state index in [0.717, 1.165) is 19.4 Å². The first kappa shape index (κ1) is 17.0. The summed E-state index contributed by atoms with van der Waals surface area (Å²) in [5.41, 5.74) is 0.927. The first-order valence-electron chi connectivity index (χ1n) is 8.36. The van der Waals surface area contributed by atoms with E-state index in [1.54, 1.807) is 0 Å². The Bertz CT molecular complexity index is 1010. The van der Waals surface area contributed by atoms with Gasteiger partial charge in [0, 0.05) is 12.2 Å². The molecule has 140 valence electrons. The van der Waals surface area contributed by atoms with Crippen LogP contribution in [0.2, 0.25) is 0 Å². The van der Waals surface area contributed by atoms with Gasteiger partial charge in [-0.3, -0.25) is 0 Å². The lowest BCUT2D eigenvalue weighted by Gasteiger charge is -2.23. The lowest BCUT2D eigenvalue weighted by molar-refractivity contribution is 0.0694.